The van der Waals surface area contributed by atoms with E-state index in [2.05, 4.69) is 21.4 Å². The van der Waals surface area contributed by atoms with Gasteiger partial charge in [-0.25, -0.2) is 9.97 Å². The molecule has 164 valence electrons. The van der Waals surface area contributed by atoms with Crippen LogP contribution in [-0.4, -0.2) is 39.3 Å². The molecule has 1 saturated heterocycles. The molecular weight excluding hydrogens is 428 g/mol. The topological polar surface area (TPSA) is 138 Å². The molecule has 2 amide bonds. The summed E-state index contributed by atoms with van der Waals surface area (Å²) in [6.45, 7) is 2.73. The highest BCUT2D eigenvalue weighted by Crippen LogP contribution is 2.26. The van der Waals surface area contributed by atoms with Crippen LogP contribution in [0.1, 0.15) is 40.9 Å². The lowest BCUT2D eigenvalue weighted by molar-refractivity contribution is -0.128. The first-order valence-corrected chi connectivity index (χ1v) is 11.1. The van der Waals surface area contributed by atoms with Crippen LogP contribution in [0.5, 0.6) is 0 Å². The largest absolute Gasteiger partial charge is 0.418 e. The molecule has 1 aliphatic rings. The van der Waals surface area contributed by atoms with Crippen molar-refractivity contribution < 1.29 is 14.0 Å². The number of nitrogens with two attached hydrogens (primary N) is 1. The number of hydrogen-bond acceptors (Lipinski definition) is 8. The minimum atomic E-state index is -0.328. The van der Waals surface area contributed by atoms with Gasteiger partial charge in [0, 0.05) is 23.5 Å². The summed E-state index contributed by atoms with van der Waals surface area (Å²) in [4.78, 5) is 35.6. The fourth-order valence-corrected chi connectivity index (χ4v) is 4.59. The summed E-state index contributed by atoms with van der Waals surface area (Å²) in [6.07, 6.45) is 2.73. The Hall–Kier alpha value is -3.71. The average Bonchev–Trinajstić information content (AvgIpc) is 3.46. The molecular formula is C22H22N6O3S. The van der Waals surface area contributed by atoms with E-state index in [4.69, 9.17) is 15.4 Å². The van der Waals surface area contributed by atoms with Crippen LogP contribution >= 0.6 is 11.3 Å². The maximum atomic E-state index is 12.9. The quantitative estimate of drug-likeness (QED) is 0.609. The van der Waals surface area contributed by atoms with Gasteiger partial charge in [0.2, 0.25) is 11.7 Å². The molecule has 0 aliphatic carbocycles. The summed E-state index contributed by atoms with van der Waals surface area (Å²) in [7, 11) is 0. The minimum Gasteiger partial charge on any atom is -0.418 e. The molecule has 0 spiro atoms. The number of oxazole rings is 1. The first kappa shape index (κ1) is 21.5. The average molecular weight is 451 g/mol. The van der Waals surface area contributed by atoms with Crippen molar-refractivity contribution in [3.63, 3.8) is 0 Å². The van der Waals surface area contributed by atoms with Crippen molar-refractivity contribution in [3.05, 3.63) is 52.2 Å². The van der Waals surface area contributed by atoms with E-state index in [1.165, 1.54) is 17.5 Å². The highest BCUT2D eigenvalue weighted by molar-refractivity contribution is 7.09. The SMILES string of the molecule is C[C@@H]1[C@H](C(=O)NCc2nc(-c3ccc(C#N)cc3)cs2)CCCN1C(=O)c1cnc(N)o1. The molecule has 0 radical (unpaired) electrons. The molecule has 2 atom stereocenters. The third kappa shape index (κ3) is 4.48. The standard InChI is InChI=1S/C22H22N6O3S/c1-13-16(3-2-8-28(13)21(30)18-10-26-22(24)31-18)20(29)25-11-19-27-17(12-32-19)15-6-4-14(9-23)5-7-15/h4-7,10,12-13,16H,2-3,8,11H2,1H3,(H2,24,26)(H,25,29)/t13-,16-/m1/s1. The van der Waals surface area contributed by atoms with Gasteiger partial charge in [-0.15, -0.1) is 11.3 Å². The van der Waals surface area contributed by atoms with Gasteiger partial charge in [0.05, 0.1) is 36.0 Å². The highest BCUT2D eigenvalue weighted by atomic mass is 32.1. The molecule has 0 bridgehead atoms. The van der Waals surface area contributed by atoms with Gasteiger partial charge in [-0.3, -0.25) is 9.59 Å². The Morgan fingerprint density at radius 2 is 2.16 bits per heavy atom. The second-order valence-electron chi connectivity index (χ2n) is 7.58. The van der Waals surface area contributed by atoms with Crippen molar-refractivity contribution in [1.29, 1.82) is 5.26 Å². The fraction of sp³-hybridized carbons (Fsp3) is 0.318. The molecule has 10 heteroatoms. The van der Waals surface area contributed by atoms with Gasteiger partial charge in [0.15, 0.2) is 0 Å². The van der Waals surface area contributed by atoms with Crippen molar-refractivity contribution in [2.24, 2.45) is 5.92 Å². The summed E-state index contributed by atoms with van der Waals surface area (Å²) >= 11 is 1.46. The number of nitrogens with zero attached hydrogens (tertiary/aromatic N) is 4. The number of nitrogen functional groups attached to an aromatic ring is 1. The third-order valence-corrected chi connectivity index (χ3v) is 6.44. The zero-order chi connectivity index (χ0) is 22.7. The van der Waals surface area contributed by atoms with Crippen LogP contribution in [-0.2, 0) is 11.3 Å². The Kier molecular flexibility index (Phi) is 6.18. The number of nitriles is 1. The number of carbonyl (C=O) groups is 2. The molecule has 4 rings (SSSR count). The molecule has 1 aromatic carbocycles. The number of carbonyl (C=O) groups excluding carboxylic acids is 2. The summed E-state index contributed by atoms with van der Waals surface area (Å²) < 4.78 is 5.15. The van der Waals surface area contributed by atoms with Crippen LogP contribution in [0, 0.1) is 17.2 Å². The number of aromatic nitrogens is 2. The Balaban J connectivity index is 1.37. The van der Waals surface area contributed by atoms with Crippen molar-refractivity contribution in [2.75, 3.05) is 12.3 Å². The number of rotatable bonds is 5. The number of benzene rings is 1. The van der Waals surface area contributed by atoms with Crippen LogP contribution in [0.2, 0.25) is 0 Å². The molecule has 0 unspecified atom stereocenters. The molecule has 1 aliphatic heterocycles. The Morgan fingerprint density at radius 3 is 2.84 bits per heavy atom. The number of amides is 2. The van der Waals surface area contributed by atoms with E-state index >= 15 is 0 Å². The first-order chi connectivity index (χ1) is 15.5. The lowest BCUT2D eigenvalue weighted by Gasteiger charge is -2.38. The monoisotopic (exact) mass is 450 g/mol. The zero-order valence-electron chi connectivity index (χ0n) is 17.4. The Labute approximate surface area is 188 Å². The normalized spacial score (nSPS) is 18.2. The molecule has 9 nitrogen and oxygen atoms in total. The van der Waals surface area contributed by atoms with E-state index in [1.807, 2.05) is 24.4 Å². The minimum absolute atomic E-state index is 0.0591. The molecule has 3 N–H and O–H groups in total. The Bertz CT molecular complexity index is 1160. The smallest absolute Gasteiger partial charge is 0.292 e. The predicted octanol–water partition coefficient (Wildman–Crippen LogP) is 2.81. The van der Waals surface area contributed by atoms with E-state index < -0.39 is 0 Å². The number of likely N-dealkylation sites (tertiary alicyclic amines) is 1. The molecule has 32 heavy (non-hydrogen) atoms. The molecule has 3 heterocycles. The van der Waals surface area contributed by atoms with E-state index in [0.717, 1.165) is 22.7 Å². The van der Waals surface area contributed by atoms with Gasteiger partial charge in [-0.05, 0) is 31.9 Å². The van der Waals surface area contributed by atoms with Crippen molar-refractivity contribution in [3.8, 4) is 17.3 Å². The maximum Gasteiger partial charge on any atom is 0.292 e. The van der Waals surface area contributed by atoms with Crippen molar-refractivity contribution in [2.45, 2.75) is 32.4 Å². The van der Waals surface area contributed by atoms with Crippen LogP contribution in [0.3, 0.4) is 0 Å². The van der Waals surface area contributed by atoms with E-state index in [-0.39, 0.29) is 35.5 Å². The maximum absolute atomic E-state index is 12.9. The van der Waals surface area contributed by atoms with Crippen LogP contribution < -0.4 is 11.1 Å². The van der Waals surface area contributed by atoms with Crippen molar-refractivity contribution in [1.82, 2.24) is 20.2 Å². The second-order valence-corrected chi connectivity index (χ2v) is 8.53. The van der Waals surface area contributed by atoms with Gasteiger partial charge in [-0.1, -0.05) is 12.1 Å². The van der Waals surface area contributed by atoms with Crippen molar-refractivity contribution >= 4 is 29.2 Å². The molecule has 0 saturated carbocycles. The molecule has 2 aromatic heterocycles. The lowest BCUT2D eigenvalue weighted by Crippen LogP contribution is -2.51. The Morgan fingerprint density at radius 1 is 1.38 bits per heavy atom. The highest BCUT2D eigenvalue weighted by Gasteiger charge is 2.36. The number of thiazole rings is 1. The number of anilines is 1. The number of piperidine rings is 1. The van der Waals surface area contributed by atoms with Gasteiger partial charge in [-0.2, -0.15) is 5.26 Å². The van der Waals surface area contributed by atoms with Gasteiger partial charge < -0.3 is 20.4 Å². The van der Waals surface area contributed by atoms with E-state index in [0.29, 0.717) is 25.1 Å². The molecule has 3 aromatic rings. The van der Waals surface area contributed by atoms with Crippen LogP contribution in [0.4, 0.5) is 6.01 Å². The van der Waals surface area contributed by atoms with Crippen LogP contribution in [0.15, 0.2) is 40.3 Å². The van der Waals surface area contributed by atoms with E-state index in [9.17, 15) is 9.59 Å². The number of hydrogen-bond donors (Lipinski definition) is 2. The third-order valence-electron chi connectivity index (χ3n) is 5.60. The number of nitrogens with one attached hydrogen (secondary N) is 1. The summed E-state index contributed by atoms with van der Waals surface area (Å²) in [5.74, 6) is -0.673. The summed E-state index contributed by atoms with van der Waals surface area (Å²) in [6, 6.07) is 8.96. The van der Waals surface area contributed by atoms with Crippen LogP contribution in [0.25, 0.3) is 11.3 Å². The van der Waals surface area contributed by atoms with E-state index in [1.54, 1.807) is 17.0 Å². The second kappa shape index (κ2) is 9.20. The molecule has 1 fully saturated rings. The predicted molar refractivity (Wildman–Crippen MR) is 118 cm³/mol. The first-order valence-electron chi connectivity index (χ1n) is 10.2. The van der Waals surface area contributed by atoms with Gasteiger partial charge >= 0.3 is 0 Å². The summed E-state index contributed by atoms with van der Waals surface area (Å²) in [5, 5.41) is 14.6. The zero-order valence-corrected chi connectivity index (χ0v) is 18.3. The summed E-state index contributed by atoms with van der Waals surface area (Å²) in [5.41, 5.74) is 7.79. The fourth-order valence-electron chi connectivity index (χ4n) is 3.84. The lowest BCUT2D eigenvalue weighted by atomic mass is 9.89. The van der Waals surface area contributed by atoms with Gasteiger partial charge in [0.1, 0.15) is 5.01 Å². The van der Waals surface area contributed by atoms with Gasteiger partial charge in [0.25, 0.3) is 11.9 Å².